The fraction of sp³-hybridized carbons (Fsp3) is 0.143. The van der Waals surface area contributed by atoms with Gasteiger partial charge in [0.2, 0.25) is 0 Å². The van der Waals surface area contributed by atoms with Gasteiger partial charge in [0.25, 0.3) is 5.69 Å². The van der Waals surface area contributed by atoms with E-state index in [0.717, 1.165) is 5.56 Å². The number of non-ortho nitro benzene ring substituents is 1. The zero-order valence-corrected chi connectivity index (χ0v) is 11.5. The first-order valence-electron chi connectivity index (χ1n) is 5.80. The Balaban J connectivity index is 2.22. The minimum absolute atomic E-state index is 0.0556. The van der Waals surface area contributed by atoms with Crippen LogP contribution in [0.5, 0.6) is 11.5 Å². The highest BCUT2D eigenvalue weighted by Crippen LogP contribution is 2.32. The van der Waals surface area contributed by atoms with E-state index in [1.807, 2.05) is 18.2 Å². The standard InChI is InChI=1S/C14H12ClNO4/c1-19-13-7-6-11(16(17)18)8-14(13)20-9-10-4-2-3-5-12(10)15/h2-8H,9H2,1H3. The van der Waals surface area contributed by atoms with Crippen molar-refractivity contribution in [1.82, 2.24) is 0 Å². The van der Waals surface area contributed by atoms with Gasteiger partial charge in [-0.2, -0.15) is 0 Å². The molecule has 20 heavy (non-hydrogen) atoms. The molecule has 2 aromatic carbocycles. The van der Waals surface area contributed by atoms with Gasteiger partial charge in [0.15, 0.2) is 11.5 Å². The molecule has 0 radical (unpaired) electrons. The number of methoxy groups -OCH3 is 1. The van der Waals surface area contributed by atoms with E-state index in [-0.39, 0.29) is 12.3 Å². The van der Waals surface area contributed by atoms with Crippen LogP contribution >= 0.6 is 11.6 Å². The van der Waals surface area contributed by atoms with Crippen LogP contribution in [0.1, 0.15) is 5.56 Å². The summed E-state index contributed by atoms with van der Waals surface area (Å²) in [7, 11) is 1.48. The summed E-state index contributed by atoms with van der Waals surface area (Å²) in [4.78, 5) is 10.3. The molecule has 0 saturated heterocycles. The Hall–Kier alpha value is -2.27. The minimum Gasteiger partial charge on any atom is -0.493 e. The number of halogens is 1. The van der Waals surface area contributed by atoms with Crippen LogP contribution in [0, 0.1) is 10.1 Å². The third-order valence-electron chi connectivity index (χ3n) is 2.70. The quantitative estimate of drug-likeness (QED) is 0.621. The highest BCUT2D eigenvalue weighted by Gasteiger charge is 2.13. The Kier molecular flexibility index (Phi) is 4.42. The zero-order valence-electron chi connectivity index (χ0n) is 10.7. The topological polar surface area (TPSA) is 61.6 Å². The van der Waals surface area contributed by atoms with Crippen molar-refractivity contribution >= 4 is 17.3 Å². The number of rotatable bonds is 5. The first-order valence-corrected chi connectivity index (χ1v) is 6.18. The summed E-state index contributed by atoms with van der Waals surface area (Å²) >= 11 is 6.03. The normalized spacial score (nSPS) is 10.1. The van der Waals surface area contributed by atoms with Crippen LogP contribution in [0.4, 0.5) is 5.69 Å². The van der Waals surface area contributed by atoms with E-state index < -0.39 is 4.92 Å². The van der Waals surface area contributed by atoms with Gasteiger partial charge in [0.1, 0.15) is 6.61 Å². The largest absolute Gasteiger partial charge is 0.493 e. The predicted octanol–water partition coefficient (Wildman–Crippen LogP) is 3.84. The van der Waals surface area contributed by atoms with Crippen molar-refractivity contribution in [3.63, 3.8) is 0 Å². The molecule has 0 N–H and O–H groups in total. The molecule has 2 rings (SSSR count). The van der Waals surface area contributed by atoms with E-state index in [1.165, 1.54) is 25.3 Å². The fourth-order valence-corrected chi connectivity index (χ4v) is 1.85. The van der Waals surface area contributed by atoms with Gasteiger partial charge in [0.05, 0.1) is 18.1 Å². The van der Waals surface area contributed by atoms with Gasteiger partial charge in [-0.1, -0.05) is 29.8 Å². The van der Waals surface area contributed by atoms with E-state index in [4.69, 9.17) is 21.1 Å². The van der Waals surface area contributed by atoms with Crippen molar-refractivity contribution in [2.75, 3.05) is 7.11 Å². The summed E-state index contributed by atoms with van der Waals surface area (Å²) in [5.41, 5.74) is 0.739. The third-order valence-corrected chi connectivity index (χ3v) is 3.07. The first kappa shape index (κ1) is 14.1. The maximum Gasteiger partial charge on any atom is 0.273 e. The van der Waals surface area contributed by atoms with E-state index in [1.54, 1.807) is 6.07 Å². The monoisotopic (exact) mass is 293 g/mol. The van der Waals surface area contributed by atoms with Crippen LogP contribution in [0.2, 0.25) is 5.02 Å². The smallest absolute Gasteiger partial charge is 0.273 e. The van der Waals surface area contributed by atoms with Crippen molar-refractivity contribution in [3.05, 3.63) is 63.2 Å². The highest BCUT2D eigenvalue weighted by molar-refractivity contribution is 6.31. The minimum atomic E-state index is -0.484. The van der Waals surface area contributed by atoms with Gasteiger partial charge < -0.3 is 9.47 Å². The molecule has 104 valence electrons. The summed E-state index contributed by atoms with van der Waals surface area (Å²) in [6.45, 7) is 0.206. The molecule has 0 aliphatic rings. The van der Waals surface area contributed by atoms with E-state index in [2.05, 4.69) is 0 Å². The van der Waals surface area contributed by atoms with Gasteiger partial charge in [0, 0.05) is 16.7 Å². The third kappa shape index (κ3) is 3.19. The number of nitrogens with zero attached hydrogens (tertiary/aromatic N) is 1. The molecule has 0 bridgehead atoms. The lowest BCUT2D eigenvalue weighted by Gasteiger charge is -2.11. The van der Waals surface area contributed by atoms with Gasteiger partial charge in [-0.25, -0.2) is 0 Å². The Bertz CT molecular complexity index is 630. The van der Waals surface area contributed by atoms with Gasteiger partial charge in [-0.15, -0.1) is 0 Å². The van der Waals surface area contributed by atoms with Crippen LogP contribution in [0.3, 0.4) is 0 Å². The van der Waals surface area contributed by atoms with E-state index in [9.17, 15) is 10.1 Å². The Morgan fingerprint density at radius 2 is 1.95 bits per heavy atom. The van der Waals surface area contributed by atoms with Gasteiger partial charge in [-0.3, -0.25) is 10.1 Å². The Labute approximate surface area is 120 Å². The van der Waals surface area contributed by atoms with Crippen LogP contribution in [0.15, 0.2) is 42.5 Å². The summed E-state index contributed by atoms with van der Waals surface area (Å²) in [5.74, 6) is 0.740. The lowest BCUT2D eigenvalue weighted by molar-refractivity contribution is -0.385. The number of nitro benzene ring substituents is 1. The molecule has 0 amide bonds. The number of benzene rings is 2. The molecule has 6 heteroatoms. The number of hydrogen-bond acceptors (Lipinski definition) is 4. The number of hydrogen-bond donors (Lipinski definition) is 0. The lowest BCUT2D eigenvalue weighted by Crippen LogP contribution is -1.99. The summed E-state index contributed by atoms with van der Waals surface area (Å²) in [5, 5.41) is 11.3. The average Bonchev–Trinajstić information content (AvgIpc) is 2.46. The molecule has 0 saturated carbocycles. The van der Waals surface area contributed by atoms with E-state index >= 15 is 0 Å². The Morgan fingerprint density at radius 3 is 2.60 bits per heavy atom. The first-order chi connectivity index (χ1) is 9.61. The summed E-state index contributed by atoms with van der Waals surface area (Å²) in [6.07, 6.45) is 0. The fourth-order valence-electron chi connectivity index (χ4n) is 1.66. The molecule has 0 spiro atoms. The molecule has 0 unspecified atom stereocenters. The van der Waals surface area contributed by atoms with Crippen LogP contribution in [0.25, 0.3) is 0 Å². The van der Waals surface area contributed by atoms with Crippen LogP contribution in [-0.4, -0.2) is 12.0 Å². The molecule has 0 aliphatic heterocycles. The molecular weight excluding hydrogens is 282 g/mol. The predicted molar refractivity (Wildman–Crippen MR) is 75.4 cm³/mol. The van der Waals surface area contributed by atoms with Gasteiger partial charge in [-0.05, 0) is 12.1 Å². The van der Waals surface area contributed by atoms with Crippen molar-refractivity contribution < 1.29 is 14.4 Å². The maximum absolute atomic E-state index is 10.8. The lowest BCUT2D eigenvalue weighted by atomic mass is 10.2. The molecule has 0 fully saturated rings. The molecule has 0 heterocycles. The zero-order chi connectivity index (χ0) is 14.5. The van der Waals surface area contributed by atoms with E-state index in [0.29, 0.717) is 16.5 Å². The number of ether oxygens (including phenoxy) is 2. The molecule has 0 atom stereocenters. The van der Waals surface area contributed by atoms with Crippen LogP contribution < -0.4 is 9.47 Å². The van der Waals surface area contributed by atoms with Crippen LogP contribution in [-0.2, 0) is 6.61 Å². The van der Waals surface area contributed by atoms with Crippen molar-refractivity contribution in [2.45, 2.75) is 6.61 Å². The second-order valence-electron chi connectivity index (χ2n) is 3.97. The second kappa shape index (κ2) is 6.25. The molecule has 0 aromatic heterocycles. The number of nitro groups is 1. The molecule has 0 aliphatic carbocycles. The second-order valence-corrected chi connectivity index (χ2v) is 4.38. The SMILES string of the molecule is COc1ccc([N+](=O)[O-])cc1OCc1ccccc1Cl. The molecule has 5 nitrogen and oxygen atoms in total. The van der Waals surface area contributed by atoms with Crippen molar-refractivity contribution in [1.29, 1.82) is 0 Å². The molecular formula is C14H12ClNO4. The van der Waals surface area contributed by atoms with Crippen molar-refractivity contribution in [2.24, 2.45) is 0 Å². The average molecular weight is 294 g/mol. The summed E-state index contributed by atoms with van der Waals surface area (Å²) in [6, 6.07) is 11.4. The Morgan fingerprint density at radius 1 is 1.20 bits per heavy atom. The molecule has 2 aromatic rings. The van der Waals surface area contributed by atoms with Gasteiger partial charge >= 0.3 is 0 Å². The maximum atomic E-state index is 10.8. The summed E-state index contributed by atoms with van der Waals surface area (Å²) < 4.78 is 10.7. The highest BCUT2D eigenvalue weighted by atomic mass is 35.5. The van der Waals surface area contributed by atoms with Crippen molar-refractivity contribution in [3.8, 4) is 11.5 Å².